The molecule has 21 heavy (non-hydrogen) atoms. The topological polar surface area (TPSA) is 24.9 Å². The Labute approximate surface area is 129 Å². The summed E-state index contributed by atoms with van der Waals surface area (Å²) in [5, 5.41) is 5.14. The first kappa shape index (κ1) is 14.1. The maximum Gasteiger partial charge on any atom is 0.0705 e. The van der Waals surface area contributed by atoms with Gasteiger partial charge in [0, 0.05) is 29.1 Å². The fourth-order valence-electron chi connectivity index (χ4n) is 2.52. The summed E-state index contributed by atoms with van der Waals surface area (Å²) in [6.07, 6.45) is 0.818. The van der Waals surface area contributed by atoms with Crippen molar-refractivity contribution in [2.24, 2.45) is 0 Å². The maximum atomic E-state index is 6.09. The molecule has 0 radical (unpaired) electrons. The van der Waals surface area contributed by atoms with E-state index in [1.165, 1.54) is 16.5 Å². The number of nitrogens with zero attached hydrogens (tertiary/aromatic N) is 1. The first-order valence-corrected chi connectivity index (χ1v) is 7.40. The monoisotopic (exact) mass is 296 g/mol. The summed E-state index contributed by atoms with van der Waals surface area (Å²) in [6.45, 7) is 0.809. The van der Waals surface area contributed by atoms with Gasteiger partial charge in [0.05, 0.1) is 5.52 Å². The number of fused-ring (bicyclic) bond motifs is 1. The van der Waals surface area contributed by atoms with Crippen LogP contribution >= 0.6 is 11.6 Å². The van der Waals surface area contributed by atoms with Crippen molar-refractivity contribution in [1.82, 2.24) is 10.3 Å². The van der Waals surface area contributed by atoms with Crippen LogP contribution in [0, 0.1) is 0 Å². The van der Waals surface area contributed by atoms with Crippen LogP contribution in [0.4, 0.5) is 0 Å². The van der Waals surface area contributed by atoms with E-state index in [4.69, 9.17) is 16.6 Å². The molecule has 1 aromatic heterocycles. The van der Waals surface area contributed by atoms with Gasteiger partial charge in [-0.1, -0.05) is 41.9 Å². The Balaban J connectivity index is 1.94. The highest BCUT2D eigenvalue weighted by molar-refractivity contribution is 6.30. The number of rotatable bonds is 4. The molecule has 0 bridgehead atoms. The molecule has 0 fully saturated rings. The lowest BCUT2D eigenvalue weighted by Gasteiger charge is -2.10. The van der Waals surface area contributed by atoms with Gasteiger partial charge in [0.25, 0.3) is 0 Å². The fraction of sp³-hybridized carbons (Fsp3) is 0.167. The SMILES string of the molecule is CNCc1cc(Cl)ccc1Cc1ccc2ccccc2n1. The van der Waals surface area contributed by atoms with Gasteiger partial charge < -0.3 is 5.32 Å². The molecule has 0 aliphatic rings. The molecular formula is C18H17ClN2. The highest BCUT2D eigenvalue weighted by Crippen LogP contribution is 2.20. The van der Waals surface area contributed by atoms with E-state index >= 15 is 0 Å². The van der Waals surface area contributed by atoms with Gasteiger partial charge in [-0.05, 0) is 42.4 Å². The molecule has 3 heteroatoms. The van der Waals surface area contributed by atoms with Crippen molar-refractivity contribution < 1.29 is 0 Å². The van der Waals surface area contributed by atoms with Crippen LogP contribution in [0.25, 0.3) is 10.9 Å². The van der Waals surface area contributed by atoms with Crippen molar-refractivity contribution in [2.75, 3.05) is 7.05 Å². The highest BCUT2D eigenvalue weighted by Gasteiger charge is 2.06. The van der Waals surface area contributed by atoms with Crippen molar-refractivity contribution >= 4 is 22.5 Å². The fourth-order valence-corrected chi connectivity index (χ4v) is 2.72. The van der Waals surface area contributed by atoms with Crippen LogP contribution in [0.3, 0.4) is 0 Å². The van der Waals surface area contributed by atoms with Crippen LogP contribution in [0.2, 0.25) is 5.02 Å². The van der Waals surface area contributed by atoms with Crippen LogP contribution < -0.4 is 5.32 Å². The first-order chi connectivity index (χ1) is 10.3. The van der Waals surface area contributed by atoms with Crippen LogP contribution in [0.15, 0.2) is 54.6 Å². The van der Waals surface area contributed by atoms with E-state index in [0.717, 1.165) is 29.2 Å². The Morgan fingerprint density at radius 2 is 1.86 bits per heavy atom. The summed E-state index contributed by atoms with van der Waals surface area (Å²) >= 11 is 6.09. The van der Waals surface area contributed by atoms with Gasteiger partial charge >= 0.3 is 0 Å². The molecule has 0 saturated carbocycles. The van der Waals surface area contributed by atoms with E-state index in [0.29, 0.717) is 0 Å². The Bertz CT molecular complexity index is 768. The molecule has 0 aliphatic heterocycles. The van der Waals surface area contributed by atoms with Gasteiger partial charge in [-0.25, -0.2) is 0 Å². The standard InChI is InChI=1S/C18H17ClN2/c1-20-12-15-10-16(19)8-6-14(15)11-17-9-7-13-4-2-3-5-18(13)21-17/h2-10,20H,11-12H2,1H3. The molecule has 0 unspecified atom stereocenters. The van der Waals surface area contributed by atoms with Crippen LogP contribution in [0.1, 0.15) is 16.8 Å². The summed E-state index contributed by atoms with van der Waals surface area (Å²) in [6, 6.07) is 18.5. The molecule has 1 N–H and O–H groups in total. The second-order valence-electron chi connectivity index (χ2n) is 5.12. The van der Waals surface area contributed by atoms with Crippen LogP contribution in [0.5, 0.6) is 0 Å². The lowest BCUT2D eigenvalue weighted by molar-refractivity contribution is 0.806. The summed E-state index contributed by atoms with van der Waals surface area (Å²) in [4.78, 5) is 4.74. The number of pyridine rings is 1. The van der Waals surface area contributed by atoms with Crippen molar-refractivity contribution in [1.29, 1.82) is 0 Å². The molecule has 3 aromatic rings. The molecule has 1 heterocycles. The van der Waals surface area contributed by atoms with Crippen molar-refractivity contribution in [3.05, 3.63) is 76.4 Å². The second kappa shape index (κ2) is 6.25. The zero-order valence-electron chi connectivity index (χ0n) is 11.9. The predicted octanol–water partition coefficient (Wildman–Crippen LogP) is 4.20. The molecule has 0 aliphatic carbocycles. The second-order valence-corrected chi connectivity index (χ2v) is 5.55. The maximum absolute atomic E-state index is 6.09. The lowest BCUT2D eigenvalue weighted by Crippen LogP contribution is -2.08. The molecule has 2 aromatic carbocycles. The average Bonchev–Trinajstić information content (AvgIpc) is 2.50. The average molecular weight is 297 g/mol. The van der Waals surface area contributed by atoms with Crippen molar-refractivity contribution in [3.63, 3.8) is 0 Å². The highest BCUT2D eigenvalue weighted by atomic mass is 35.5. The summed E-state index contributed by atoms with van der Waals surface area (Å²) in [5.41, 5.74) is 4.60. The Morgan fingerprint density at radius 1 is 1.00 bits per heavy atom. The lowest BCUT2D eigenvalue weighted by atomic mass is 10.0. The minimum Gasteiger partial charge on any atom is -0.316 e. The normalized spacial score (nSPS) is 11.0. The minimum atomic E-state index is 0.774. The third-order valence-electron chi connectivity index (χ3n) is 3.56. The third kappa shape index (κ3) is 3.23. The molecule has 0 atom stereocenters. The number of benzene rings is 2. The largest absolute Gasteiger partial charge is 0.316 e. The third-order valence-corrected chi connectivity index (χ3v) is 3.80. The minimum absolute atomic E-state index is 0.774. The summed E-state index contributed by atoms with van der Waals surface area (Å²) < 4.78 is 0. The van der Waals surface area contributed by atoms with Crippen LogP contribution in [-0.2, 0) is 13.0 Å². The van der Waals surface area contributed by atoms with E-state index in [9.17, 15) is 0 Å². The molecule has 3 rings (SSSR count). The van der Waals surface area contributed by atoms with Crippen LogP contribution in [-0.4, -0.2) is 12.0 Å². The van der Waals surface area contributed by atoms with E-state index < -0.39 is 0 Å². The van der Waals surface area contributed by atoms with E-state index in [-0.39, 0.29) is 0 Å². The Kier molecular flexibility index (Phi) is 4.18. The number of hydrogen-bond donors (Lipinski definition) is 1. The van der Waals surface area contributed by atoms with Gasteiger partial charge in [-0.3, -0.25) is 4.98 Å². The van der Waals surface area contributed by atoms with E-state index in [1.807, 2.05) is 31.3 Å². The zero-order chi connectivity index (χ0) is 14.7. The number of para-hydroxylation sites is 1. The number of nitrogens with one attached hydrogen (secondary N) is 1. The number of halogens is 1. The van der Waals surface area contributed by atoms with E-state index in [1.54, 1.807) is 0 Å². The van der Waals surface area contributed by atoms with Gasteiger partial charge in [0.2, 0.25) is 0 Å². The van der Waals surface area contributed by atoms with Gasteiger partial charge in [0.15, 0.2) is 0 Å². The quantitative estimate of drug-likeness (QED) is 0.780. The van der Waals surface area contributed by atoms with Gasteiger partial charge in [-0.2, -0.15) is 0 Å². The first-order valence-electron chi connectivity index (χ1n) is 7.03. The predicted molar refractivity (Wildman–Crippen MR) is 88.8 cm³/mol. The molecule has 0 spiro atoms. The molecule has 2 nitrogen and oxygen atoms in total. The van der Waals surface area contributed by atoms with E-state index in [2.05, 4.69) is 35.6 Å². The van der Waals surface area contributed by atoms with Crippen molar-refractivity contribution in [2.45, 2.75) is 13.0 Å². The Morgan fingerprint density at radius 3 is 2.71 bits per heavy atom. The Hall–Kier alpha value is -1.90. The summed E-state index contributed by atoms with van der Waals surface area (Å²) in [5.74, 6) is 0. The molecule has 106 valence electrons. The molecule has 0 amide bonds. The summed E-state index contributed by atoms with van der Waals surface area (Å²) in [7, 11) is 1.94. The van der Waals surface area contributed by atoms with Gasteiger partial charge in [0.1, 0.15) is 0 Å². The number of hydrogen-bond acceptors (Lipinski definition) is 2. The zero-order valence-corrected chi connectivity index (χ0v) is 12.7. The smallest absolute Gasteiger partial charge is 0.0705 e. The number of aromatic nitrogens is 1. The molecular weight excluding hydrogens is 280 g/mol. The molecule has 0 saturated heterocycles. The van der Waals surface area contributed by atoms with Crippen molar-refractivity contribution in [3.8, 4) is 0 Å². The van der Waals surface area contributed by atoms with Gasteiger partial charge in [-0.15, -0.1) is 0 Å².